The number of methoxy groups -OCH3 is 1. The number of carbonyl (C=O) groups excluding carboxylic acids is 1. The molecule has 1 aromatic carbocycles. The van der Waals surface area contributed by atoms with Crippen LogP contribution in [-0.4, -0.2) is 35.7 Å². The number of hydrogen-bond acceptors (Lipinski definition) is 6. The van der Waals surface area contributed by atoms with Crippen LogP contribution >= 0.6 is 0 Å². The molecule has 2 heterocycles. The van der Waals surface area contributed by atoms with Gasteiger partial charge in [-0.2, -0.15) is 0 Å². The fourth-order valence-corrected chi connectivity index (χ4v) is 3.38. The van der Waals surface area contributed by atoms with Gasteiger partial charge in [0, 0.05) is 24.6 Å². The normalized spacial score (nSPS) is 11.4. The second-order valence-electron chi connectivity index (χ2n) is 7.50. The number of ether oxygens (including phenoxy) is 1. The van der Waals surface area contributed by atoms with Crippen molar-refractivity contribution in [1.82, 2.24) is 9.55 Å². The van der Waals surface area contributed by atoms with Crippen molar-refractivity contribution in [3.05, 3.63) is 56.4 Å². The van der Waals surface area contributed by atoms with Crippen molar-refractivity contribution < 1.29 is 13.9 Å². The Labute approximate surface area is 173 Å². The molecule has 0 atom stereocenters. The number of nitrogen functional groups attached to an aromatic ring is 1. The lowest BCUT2D eigenvalue weighted by Crippen LogP contribution is -2.43. The number of fused-ring (bicyclic) bond motifs is 1. The molecule has 2 aromatic heterocycles. The molecule has 3 rings (SSSR count). The first-order valence-electron chi connectivity index (χ1n) is 9.67. The van der Waals surface area contributed by atoms with Crippen molar-refractivity contribution in [2.24, 2.45) is 5.92 Å². The minimum Gasteiger partial charge on any atom is -0.451 e. The summed E-state index contributed by atoms with van der Waals surface area (Å²) >= 11 is 0. The topological polar surface area (TPSA) is 124 Å². The summed E-state index contributed by atoms with van der Waals surface area (Å²) < 4.78 is 12.2. The van der Waals surface area contributed by atoms with E-state index in [1.165, 1.54) is 16.6 Å². The largest absolute Gasteiger partial charge is 0.451 e. The standard InChI is InChI=1S/C21H26N4O5/c1-12(2)11-25-18(22)16(19(26)23-21(25)28)24(9-10-29-4)20(27)17-13(3)14-7-5-6-8-15(14)30-17/h5-8,12H,9-11,22H2,1-4H3,(H,23,26,28). The molecule has 0 saturated carbocycles. The number of aromatic nitrogens is 2. The van der Waals surface area contributed by atoms with Crippen LogP contribution in [0.4, 0.5) is 11.5 Å². The first-order chi connectivity index (χ1) is 14.3. The SMILES string of the molecule is COCCN(C(=O)c1oc2ccccc2c1C)c1c(N)n(CC(C)C)c(=O)[nH]c1=O. The highest BCUT2D eigenvalue weighted by Crippen LogP contribution is 2.28. The number of rotatable bonds is 7. The molecule has 0 saturated heterocycles. The van der Waals surface area contributed by atoms with E-state index in [-0.39, 0.29) is 36.3 Å². The molecule has 0 radical (unpaired) electrons. The smallest absolute Gasteiger partial charge is 0.330 e. The van der Waals surface area contributed by atoms with E-state index in [0.717, 1.165) is 5.39 Å². The molecule has 0 aliphatic rings. The maximum absolute atomic E-state index is 13.4. The lowest BCUT2D eigenvalue weighted by Gasteiger charge is -2.24. The molecule has 0 unspecified atom stereocenters. The molecule has 9 heteroatoms. The Morgan fingerprint density at radius 1 is 1.30 bits per heavy atom. The molecule has 0 spiro atoms. The maximum atomic E-state index is 13.4. The van der Waals surface area contributed by atoms with Crippen molar-refractivity contribution in [2.75, 3.05) is 30.9 Å². The van der Waals surface area contributed by atoms with Gasteiger partial charge >= 0.3 is 5.69 Å². The van der Waals surface area contributed by atoms with Crippen LogP contribution in [0, 0.1) is 12.8 Å². The monoisotopic (exact) mass is 414 g/mol. The first-order valence-corrected chi connectivity index (χ1v) is 9.67. The zero-order valence-electron chi connectivity index (χ0n) is 17.5. The van der Waals surface area contributed by atoms with Gasteiger partial charge in [-0.15, -0.1) is 0 Å². The number of nitrogens with two attached hydrogens (primary N) is 1. The number of nitrogens with zero attached hydrogens (tertiary/aromatic N) is 2. The Balaban J connectivity index is 2.17. The van der Waals surface area contributed by atoms with Crippen LogP contribution in [0.25, 0.3) is 11.0 Å². The van der Waals surface area contributed by atoms with E-state index in [9.17, 15) is 14.4 Å². The van der Waals surface area contributed by atoms with E-state index in [0.29, 0.717) is 17.7 Å². The van der Waals surface area contributed by atoms with Gasteiger partial charge in [0.1, 0.15) is 11.4 Å². The van der Waals surface area contributed by atoms with Crippen molar-refractivity contribution in [2.45, 2.75) is 27.3 Å². The molecule has 160 valence electrons. The van der Waals surface area contributed by atoms with Crippen LogP contribution in [0.5, 0.6) is 0 Å². The molecule has 3 aromatic rings. The number of anilines is 2. The van der Waals surface area contributed by atoms with E-state index in [1.54, 1.807) is 13.0 Å². The van der Waals surface area contributed by atoms with E-state index in [4.69, 9.17) is 14.9 Å². The number of para-hydroxylation sites is 1. The Bertz CT molecular complexity index is 1190. The number of amides is 1. The zero-order chi connectivity index (χ0) is 22.0. The minimum atomic E-state index is -0.740. The fourth-order valence-electron chi connectivity index (χ4n) is 3.38. The summed E-state index contributed by atoms with van der Waals surface area (Å²) in [5.74, 6) is -0.402. The average molecular weight is 414 g/mol. The molecule has 30 heavy (non-hydrogen) atoms. The Hall–Kier alpha value is -3.33. The molecule has 3 N–H and O–H groups in total. The Morgan fingerprint density at radius 2 is 2.00 bits per heavy atom. The number of carbonyl (C=O) groups is 1. The van der Waals surface area contributed by atoms with Gasteiger partial charge in [0.15, 0.2) is 11.4 Å². The summed E-state index contributed by atoms with van der Waals surface area (Å²) in [6.45, 7) is 6.13. The summed E-state index contributed by atoms with van der Waals surface area (Å²) in [5, 5.41) is 0.805. The van der Waals surface area contributed by atoms with Gasteiger partial charge in [-0.3, -0.25) is 24.0 Å². The van der Waals surface area contributed by atoms with Crippen LogP contribution in [-0.2, 0) is 11.3 Å². The molecule has 0 bridgehead atoms. The second kappa shape index (κ2) is 8.58. The number of aryl methyl sites for hydroxylation is 1. The lowest BCUT2D eigenvalue weighted by atomic mass is 10.1. The van der Waals surface area contributed by atoms with Gasteiger partial charge in [-0.1, -0.05) is 32.0 Å². The third kappa shape index (κ3) is 3.88. The van der Waals surface area contributed by atoms with E-state index in [1.807, 2.05) is 32.0 Å². The number of H-pyrrole nitrogens is 1. The van der Waals surface area contributed by atoms with Gasteiger partial charge in [-0.25, -0.2) is 4.79 Å². The van der Waals surface area contributed by atoms with E-state index in [2.05, 4.69) is 4.98 Å². The highest BCUT2D eigenvalue weighted by Gasteiger charge is 2.29. The van der Waals surface area contributed by atoms with Crippen LogP contribution in [0.1, 0.15) is 30.0 Å². The summed E-state index contributed by atoms with van der Waals surface area (Å²) in [4.78, 5) is 41.9. The number of hydrogen-bond donors (Lipinski definition) is 2. The number of nitrogens with one attached hydrogen (secondary N) is 1. The predicted octanol–water partition coefficient (Wildman–Crippen LogP) is 2.12. The second-order valence-corrected chi connectivity index (χ2v) is 7.50. The quantitative estimate of drug-likeness (QED) is 0.610. The summed E-state index contributed by atoms with van der Waals surface area (Å²) in [6.07, 6.45) is 0. The van der Waals surface area contributed by atoms with Crippen molar-refractivity contribution >= 4 is 28.4 Å². The molecular weight excluding hydrogens is 388 g/mol. The molecule has 0 aliphatic heterocycles. The average Bonchev–Trinajstić information content (AvgIpc) is 3.04. The molecular formula is C21H26N4O5. The third-order valence-electron chi connectivity index (χ3n) is 4.83. The van der Waals surface area contributed by atoms with Crippen LogP contribution in [0.2, 0.25) is 0 Å². The number of benzene rings is 1. The van der Waals surface area contributed by atoms with Crippen LogP contribution < -0.4 is 21.9 Å². The van der Waals surface area contributed by atoms with Gasteiger partial charge in [0.2, 0.25) is 0 Å². The number of furan rings is 1. The van der Waals surface area contributed by atoms with Crippen molar-refractivity contribution in [3.8, 4) is 0 Å². The summed E-state index contributed by atoms with van der Waals surface area (Å²) in [5.41, 5.74) is 5.98. The zero-order valence-corrected chi connectivity index (χ0v) is 17.5. The lowest BCUT2D eigenvalue weighted by molar-refractivity contribution is 0.0950. The van der Waals surface area contributed by atoms with Crippen molar-refractivity contribution in [3.63, 3.8) is 0 Å². The van der Waals surface area contributed by atoms with Gasteiger partial charge in [0.05, 0.1) is 13.2 Å². The first kappa shape index (κ1) is 21.4. The van der Waals surface area contributed by atoms with Crippen molar-refractivity contribution in [1.29, 1.82) is 0 Å². The molecule has 0 aliphatic carbocycles. The number of aromatic amines is 1. The maximum Gasteiger partial charge on any atom is 0.330 e. The molecule has 1 amide bonds. The molecule has 0 fully saturated rings. The van der Waals surface area contributed by atoms with E-state index >= 15 is 0 Å². The minimum absolute atomic E-state index is 0.0545. The molecule has 9 nitrogen and oxygen atoms in total. The van der Waals surface area contributed by atoms with Gasteiger partial charge < -0.3 is 14.9 Å². The predicted molar refractivity (Wildman–Crippen MR) is 115 cm³/mol. The fraction of sp³-hybridized carbons (Fsp3) is 0.381. The Kier molecular flexibility index (Phi) is 6.12. The highest BCUT2D eigenvalue weighted by atomic mass is 16.5. The van der Waals surface area contributed by atoms with Gasteiger partial charge in [-0.05, 0) is 18.9 Å². The van der Waals surface area contributed by atoms with Crippen LogP contribution in [0.3, 0.4) is 0 Å². The van der Waals surface area contributed by atoms with Gasteiger partial charge in [0.25, 0.3) is 11.5 Å². The van der Waals surface area contributed by atoms with E-state index < -0.39 is 17.2 Å². The van der Waals surface area contributed by atoms with Crippen LogP contribution in [0.15, 0.2) is 38.3 Å². The summed E-state index contributed by atoms with van der Waals surface area (Å²) in [7, 11) is 1.49. The Morgan fingerprint density at radius 3 is 2.63 bits per heavy atom. The third-order valence-corrected chi connectivity index (χ3v) is 4.83. The summed E-state index contributed by atoms with van der Waals surface area (Å²) in [6, 6.07) is 7.29. The highest BCUT2D eigenvalue weighted by molar-refractivity contribution is 6.08.